The summed E-state index contributed by atoms with van der Waals surface area (Å²) in [4.78, 5) is -0.267. The molecule has 0 amide bonds. The fourth-order valence-electron chi connectivity index (χ4n) is 0.612. The predicted molar refractivity (Wildman–Crippen MR) is 35.7 cm³/mol. The Balaban J connectivity index is 0.00000121. The normalized spacial score (nSPS) is 10.4. The van der Waals surface area contributed by atoms with Crippen molar-refractivity contribution < 1.29 is 36.9 Å². The third kappa shape index (κ3) is 2.87. The molecule has 0 aliphatic carbocycles. The van der Waals surface area contributed by atoms with Gasteiger partial charge in [0.15, 0.2) is 0 Å². The van der Waals surface area contributed by atoms with Gasteiger partial charge in [-0.3, -0.25) is 4.55 Å². The summed E-state index contributed by atoms with van der Waals surface area (Å²) < 4.78 is 29.2. The first-order valence-electron chi connectivity index (χ1n) is 2.75. The largest absolute Gasteiger partial charge is 1.00 e. The van der Waals surface area contributed by atoms with Crippen LogP contribution in [0.4, 0.5) is 0 Å². The molecule has 0 unspecified atom stereocenters. The topological polar surface area (TPSA) is 77.4 Å². The molecule has 0 aliphatic rings. The summed E-state index contributed by atoms with van der Waals surface area (Å²) in [5.74, 6) is -0.294. The van der Waals surface area contributed by atoms with Gasteiger partial charge in [0.1, 0.15) is 0 Å². The van der Waals surface area contributed by atoms with Gasteiger partial charge in [0, 0.05) is 0 Å². The van der Waals surface area contributed by atoms with Crippen LogP contribution in [0.15, 0.2) is 29.2 Å². The Hall–Kier alpha value is -0.473. The molecule has 0 radical (unpaired) electrons. The second kappa shape index (κ2) is 3.96. The van der Waals surface area contributed by atoms with Crippen LogP contribution in [0.5, 0.6) is 5.75 Å². The van der Waals surface area contributed by atoms with Crippen molar-refractivity contribution in [3.63, 3.8) is 0 Å². The van der Waals surface area contributed by atoms with Gasteiger partial charge in [-0.25, -0.2) is 0 Å². The van der Waals surface area contributed by atoms with Crippen LogP contribution in [0.25, 0.3) is 0 Å². The van der Waals surface area contributed by atoms with Crippen molar-refractivity contribution in [1.82, 2.24) is 0 Å². The minimum atomic E-state index is -4.16. The average molecular weight is 180 g/mol. The van der Waals surface area contributed by atoms with Gasteiger partial charge < -0.3 is 5.11 Å². The van der Waals surface area contributed by atoms with E-state index in [2.05, 4.69) is 0 Å². The predicted octanol–water partition coefficient (Wildman–Crippen LogP) is -2.99. The van der Waals surface area contributed by atoms with E-state index in [4.69, 9.17) is 4.55 Å². The number of rotatable bonds is 1. The minimum absolute atomic E-state index is 0. The van der Waals surface area contributed by atoms with Crippen LogP contribution in [0.1, 0.15) is 0 Å². The Morgan fingerprint density at radius 3 is 1.92 bits per heavy atom. The monoisotopic (exact) mass is 180 g/mol. The first-order valence-corrected chi connectivity index (χ1v) is 4.19. The molecule has 4 nitrogen and oxygen atoms in total. The Labute approximate surface area is 82.2 Å². The second-order valence-corrected chi connectivity index (χ2v) is 3.37. The summed E-state index contributed by atoms with van der Waals surface area (Å²) >= 11 is 0. The van der Waals surface area contributed by atoms with E-state index in [0.29, 0.717) is 0 Å². The molecule has 60 valence electrons. The Bertz CT molecular complexity index is 342. The zero-order valence-electron chi connectivity index (χ0n) is 6.39. The van der Waals surface area contributed by atoms with Gasteiger partial charge >= 0.3 is 18.9 Å². The molecule has 0 saturated heterocycles. The average Bonchev–Trinajstić information content (AvgIpc) is 1.86. The van der Waals surface area contributed by atoms with Gasteiger partial charge in [0.05, 0.1) is 4.90 Å². The van der Waals surface area contributed by atoms with E-state index in [0.717, 1.165) is 24.3 Å². The summed E-state index contributed by atoms with van der Waals surface area (Å²) in [7, 11) is -4.16. The van der Waals surface area contributed by atoms with Crippen molar-refractivity contribution in [2.45, 2.75) is 4.90 Å². The first kappa shape index (κ1) is 11.5. The van der Waals surface area contributed by atoms with Gasteiger partial charge in [0.25, 0.3) is 10.1 Å². The van der Waals surface area contributed by atoms with Crippen LogP contribution in [0.2, 0.25) is 0 Å². The smallest absolute Gasteiger partial charge is 0.872 e. The minimum Gasteiger partial charge on any atom is -0.872 e. The van der Waals surface area contributed by atoms with E-state index in [9.17, 15) is 13.5 Å². The number of hydrogen-bond donors (Lipinski definition) is 1. The van der Waals surface area contributed by atoms with Crippen LogP contribution < -0.4 is 24.0 Å². The molecule has 0 heterocycles. The molecule has 1 N–H and O–H groups in total. The molecule has 0 fully saturated rings. The first-order chi connectivity index (χ1) is 5.00. The molecular weight excluding hydrogens is 175 g/mol. The number of benzene rings is 1. The van der Waals surface area contributed by atoms with E-state index < -0.39 is 10.1 Å². The Morgan fingerprint density at radius 2 is 1.58 bits per heavy atom. The van der Waals surface area contributed by atoms with Crippen molar-refractivity contribution >= 4 is 10.1 Å². The zero-order chi connectivity index (χ0) is 8.48. The van der Waals surface area contributed by atoms with Crippen LogP contribution in [-0.2, 0) is 10.1 Å². The van der Waals surface area contributed by atoms with Gasteiger partial charge in [-0.2, -0.15) is 8.42 Å². The molecule has 1 aromatic rings. The maximum Gasteiger partial charge on any atom is 1.00 e. The second-order valence-electron chi connectivity index (χ2n) is 1.95. The molecule has 0 atom stereocenters. The van der Waals surface area contributed by atoms with E-state index >= 15 is 0 Å². The fourth-order valence-corrected chi connectivity index (χ4v) is 1.09. The quantitative estimate of drug-likeness (QED) is 0.369. The van der Waals surface area contributed by atoms with Gasteiger partial charge in [-0.15, -0.1) is 5.75 Å². The van der Waals surface area contributed by atoms with E-state index in [1.807, 2.05) is 0 Å². The van der Waals surface area contributed by atoms with Crippen LogP contribution in [0.3, 0.4) is 0 Å². The molecule has 0 spiro atoms. The van der Waals surface area contributed by atoms with E-state index in [1.54, 1.807) is 0 Å². The number of hydrogen-bond acceptors (Lipinski definition) is 3. The molecule has 0 aliphatic heterocycles. The Kier molecular flexibility index (Phi) is 3.81. The molecule has 0 bridgehead atoms. The summed E-state index contributed by atoms with van der Waals surface area (Å²) in [6.07, 6.45) is 0. The standard InChI is InChI=1S/C6H6O4S.Li/c7-5-1-3-6(4-2-5)11(8,9)10;/h1-4,7H,(H,8,9,10);/q;+1/p-1. The zero-order valence-corrected chi connectivity index (χ0v) is 7.21. The van der Waals surface area contributed by atoms with Crippen LogP contribution in [0, 0.1) is 0 Å². The van der Waals surface area contributed by atoms with Gasteiger partial charge in [-0.1, -0.05) is 12.1 Å². The molecule has 6 heteroatoms. The third-order valence-corrected chi connectivity index (χ3v) is 1.99. The van der Waals surface area contributed by atoms with Gasteiger partial charge in [0.2, 0.25) is 0 Å². The molecule has 12 heavy (non-hydrogen) atoms. The molecule has 1 aromatic carbocycles. The third-order valence-electron chi connectivity index (χ3n) is 1.12. The van der Waals surface area contributed by atoms with E-state index in [-0.39, 0.29) is 29.5 Å². The summed E-state index contributed by atoms with van der Waals surface area (Å²) in [5, 5.41) is 10.5. The molecule has 1 rings (SSSR count). The Morgan fingerprint density at radius 1 is 1.17 bits per heavy atom. The fraction of sp³-hybridized carbons (Fsp3) is 0. The molecular formula is C6H5LiO4S. The maximum atomic E-state index is 10.5. The van der Waals surface area contributed by atoms with Crippen molar-refractivity contribution in [1.29, 1.82) is 0 Å². The molecule has 0 saturated carbocycles. The van der Waals surface area contributed by atoms with Crippen LogP contribution in [-0.4, -0.2) is 13.0 Å². The van der Waals surface area contributed by atoms with E-state index in [1.165, 1.54) is 0 Å². The maximum absolute atomic E-state index is 10.5. The molecule has 0 aromatic heterocycles. The van der Waals surface area contributed by atoms with Crippen molar-refractivity contribution in [3.05, 3.63) is 24.3 Å². The van der Waals surface area contributed by atoms with Crippen LogP contribution >= 0.6 is 0 Å². The van der Waals surface area contributed by atoms with Crippen molar-refractivity contribution in [3.8, 4) is 5.75 Å². The van der Waals surface area contributed by atoms with Gasteiger partial charge in [-0.05, 0) is 12.1 Å². The van der Waals surface area contributed by atoms with Crippen molar-refractivity contribution in [2.75, 3.05) is 0 Å². The van der Waals surface area contributed by atoms with Crippen molar-refractivity contribution in [2.24, 2.45) is 0 Å². The summed E-state index contributed by atoms with van der Waals surface area (Å²) in [6, 6.07) is 4.25. The SMILES string of the molecule is O=S(=O)(O)c1ccc([O-])cc1.[Li+]. The summed E-state index contributed by atoms with van der Waals surface area (Å²) in [5.41, 5.74) is 0. The summed E-state index contributed by atoms with van der Waals surface area (Å²) in [6.45, 7) is 0.